The molecule has 0 spiro atoms. The van der Waals surface area contributed by atoms with E-state index < -0.39 is 11.8 Å². The molecule has 2 amide bonds. The highest BCUT2D eigenvalue weighted by Crippen LogP contribution is 2.18. The van der Waals surface area contributed by atoms with E-state index in [0.717, 1.165) is 23.6 Å². The van der Waals surface area contributed by atoms with Crippen molar-refractivity contribution in [1.82, 2.24) is 4.90 Å². The standard InChI is InChI=1S/C17H20N2O2/c1-3-4-11-19(2)17(21)16(20)18-15-10-9-13-7-5-6-8-14(13)12-15/h5-10,12H,3-4,11H2,1-2H3,(H,18,20). The Hall–Kier alpha value is -2.36. The van der Waals surface area contributed by atoms with Gasteiger partial charge < -0.3 is 10.2 Å². The van der Waals surface area contributed by atoms with Crippen LogP contribution in [0.4, 0.5) is 5.69 Å². The van der Waals surface area contributed by atoms with Gasteiger partial charge in [0, 0.05) is 19.3 Å². The van der Waals surface area contributed by atoms with Gasteiger partial charge >= 0.3 is 11.8 Å². The lowest BCUT2D eigenvalue weighted by Crippen LogP contribution is -2.37. The lowest BCUT2D eigenvalue weighted by atomic mass is 10.1. The molecule has 0 heterocycles. The van der Waals surface area contributed by atoms with Crippen LogP contribution in [0.15, 0.2) is 42.5 Å². The molecule has 0 radical (unpaired) electrons. The van der Waals surface area contributed by atoms with Crippen molar-refractivity contribution >= 4 is 28.3 Å². The number of fused-ring (bicyclic) bond motifs is 1. The summed E-state index contributed by atoms with van der Waals surface area (Å²) in [5.74, 6) is -1.10. The number of nitrogens with zero attached hydrogens (tertiary/aromatic N) is 1. The van der Waals surface area contributed by atoms with Gasteiger partial charge in [0.05, 0.1) is 0 Å². The minimum Gasteiger partial charge on any atom is -0.338 e. The minimum absolute atomic E-state index is 0.503. The molecule has 1 N–H and O–H groups in total. The van der Waals surface area contributed by atoms with Gasteiger partial charge in [-0.3, -0.25) is 9.59 Å². The zero-order valence-corrected chi connectivity index (χ0v) is 12.4. The van der Waals surface area contributed by atoms with Crippen LogP contribution in [-0.4, -0.2) is 30.3 Å². The number of nitrogens with one attached hydrogen (secondary N) is 1. The molecular weight excluding hydrogens is 264 g/mol. The van der Waals surface area contributed by atoms with Crippen LogP contribution in [0.2, 0.25) is 0 Å². The second-order valence-corrected chi connectivity index (χ2v) is 5.10. The van der Waals surface area contributed by atoms with Crippen LogP contribution in [0.3, 0.4) is 0 Å². The van der Waals surface area contributed by atoms with Gasteiger partial charge in [-0.2, -0.15) is 0 Å². The van der Waals surface area contributed by atoms with Gasteiger partial charge in [0.1, 0.15) is 0 Å². The van der Waals surface area contributed by atoms with Crippen LogP contribution in [0.1, 0.15) is 19.8 Å². The zero-order valence-electron chi connectivity index (χ0n) is 12.4. The molecule has 2 rings (SSSR count). The number of hydrogen-bond donors (Lipinski definition) is 1. The fraction of sp³-hybridized carbons (Fsp3) is 0.294. The van der Waals surface area contributed by atoms with E-state index in [9.17, 15) is 9.59 Å². The van der Waals surface area contributed by atoms with Crippen molar-refractivity contribution in [3.63, 3.8) is 0 Å². The first-order chi connectivity index (χ1) is 10.1. The SMILES string of the molecule is CCCCN(C)C(=O)C(=O)Nc1ccc2ccccc2c1. The summed E-state index contributed by atoms with van der Waals surface area (Å²) in [4.78, 5) is 25.3. The lowest BCUT2D eigenvalue weighted by molar-refractivity contribution is -0.142. The Morgan fingerprint density at radius 2 is 1.81 bits per heavy atom. The molecule has 0 aliphatic rings. The third kappa shape index (κ3) is 3.81. The van der Waals surface area contributed by atoms with E-state index in [2.05, 4.69) is 5.32 Å². The lowest BCUT2D eigenvalue weighted by Gasteiger charge is -2.16. The predicted molar refractivity (Wildman–Crippen MR) is 85.1 cm³/mol. The molecule has 0 atom stereocenters. The summed E-state index contributed by atoms with van der Waals surface area (Å²) in [5.41, 5.74) is 0.635. The van der Waals surface area contributed by atoms with E-state index in [-0.39, 0.29) is 0 Å². The van der Waals surface area contributed by atoms with Crippen LogP contribution >= 0.6 is 0 Å². The number of carbonyl (C=O) groups is 2. The largest absolute Gasteiger partial charge is 0.338 e. The van der Waals surface area contributed by atoms with Crippen molar-refractivity contribution in [2.24, 2.45) is 0 Å². The molecule has 110 valence electrons. The maximum absolute atomic E-state index is 12.0. The molecule has 0 bridgehead atoms. The fourth-order valence-electron chi connectivity index (χ4n) is 2.12. The van der Waals surface area contributed by atoms with Gasteiger partial charge in [-0.1, -0.05) is 43.7 Å². The minimum atomic E-state index is -0.594. The van der Waals surface area contributed by atoms with Crippen LogP contribution < -0.4 is 5.32 Å². The van der Waals surface area contributed by atoms with Crippen molar-refractivity contribution < 1.29 is 9.59 Å². The van der Waals surface area contributed by atoms with E-state index in [1.807, 2.05) is 43.3 Å². The summed E-state index contributed by atoms with van der Waals surface area (Å²) < 4.78 is 0. The third-order valence-electron chi connectivity index (χ3n) is 3.40. The van der Waals surface area contributed by atoms with Gasteiger partial charge in [-0.15, -0.1) is 0 Å². The zero-order chi connectivity index (χ0) is 15.2. The topological polar surface area (TPSA) is 49.4 Å². The molecule has 2 aromatic rings. The molecular formula is C17H20N2O2. The van der Waals surface area contributed by atoms with E-state index >= 15 is 0 Å². The number of likely N-dealkylation sites (N-methyl/N-ethyl adjacent to an activating group) is 1. The van der Waals surface area contributed by atoms with E-state index in [1.165, 1.54) is 4.90 Å². The molecule has 4 heteroatoms. The first kappa shape index (κ1) is 15.0. The Kier molecular flexibility index (Phi) is 4.93. The van der Waals surface area contributed by atoms with Crippen LogP contribution in [0, 0.1) is 0 Å². The molecule has 0 unspecified atom stereocenters. The second kappa shape index (κ2) is 6.88. The molecule has 0 saturated carbocycles. The van der Waals surface area contributed by atoms with Crippen molar-refractivity contribution in [3.8, 4) is 0 Å². The quantitative estimate of drug-likeness (QED) is 0.877. The Balaban J connectivity index is 2.05. The Morgan fingerprint density at radius 3 is 2.52 bits per heavy atom. The maximum Gasteiger partial charge on any atom is 0.313 e. The average molecular weight is 284 g/mol. The monoisotopic (exact) mass is 284 g/mol. The van der Waals surface area contributed by atoms with Crippen molar-refractivity contribution in [1.29, 1.82) is 0 Å². The molecule has 21 heavy (non-hydrogen) atoms. The van der Waals surface area contributed by atoms with E-state index in [1.54, 1.807) is 13.1 Å². The van der Waals surface area contributed by atoms with E-state index in [0.29, 0.717) is 12.2 Å². The van der Waals surface area contributed by atoms with Gasteiger partial charge in [0.25, 0.3) is 0 Å². The summed E-state index contributed by atoms with van der Waals surface area (Å²) in [5, 5.41) is 4.79. The van der Waals surface area contributed by atoms with Crippen molar-refractivity contribution in [3.05, 3.63) is 42.5 Å². The maximum atomic E-state index is 12.0. The Bertz CT molecular complexity index is 652. The number of anilines is 1. The number of rotatable bonds is 4. The summed E-state index contributed by atoms with van der Waals surface area (Å²) in [6.07, 6.45) is 1.88. The van der Waals surface area contributed by atoms with Gasteiger partial charge in [-0.05, 0) is 29.3 Å². The smallest absolute Gasteiger partial charge is 0.313 e. The molecule has 0 aliphatic heterocycles. The first-order valence-corrected chi connectivity index (χ1v) is 7.17. The first-order valence-electron chi connectivity index (χ1n) is 7.17. The second-order valence-electron chi connectivity index (χ2n) is 5.10. The molecule has 0 saturated heterocycles. The van der Waals surface area contributed by atoms with Gasteiger partial charge in [-0.25, -0.2) is 0 Å². The number of carbonyl (C=O) groups excluding carboxylic acids is 2. The average Bonchev–Trinajstić information content (AvgIpc) is 2.51. The normalized spacial score (nSPS) is 10.4. The van der Waals surface area contributed by atoms with E-state index in [4.69, 9.17) is 0 Å². The third-order valence-corrected chi connectivity index (χ3v) is 3.40. The number of benzene rings is 2. The van der Waals surface area contributed by atoms with Crippen LogP contribution in [0.25, 0.3) is 10.8 Å². The van der Waals surface area contributed by atoms with Crippen LogP contribution in [-0.2, 0) is 9.59 Å². The number of amides is 2. The predicted octanol–water partition coefficient (Wildman–Crippen LogP) is 3.04. The van der Waals surface area contributed by atoms with Crippen molar-refractivity contribution in [2.75, 3.05) is 18.9 Å². The molecule has 0 fully saturated rings. The summed E-state index contributed by atoms with van der Waals surface area (Å²) in [6.45, 7) is 2.65. The highest BCUT2D eigenvalue weighted by molar-refractivity contribution is 6.39. The summed E-state index contributed by atoms with van der Waals surface area (Å²) in [7, 11) is 1.65. The van der Waals surface area contributed by atoms with Gasteiger partial charge in [0.15, 0.2) is 0 Å². The highest BCUT2D eigenvalue weighted by atomic mass is 16.2. The van der Waals surface area contributed by atoms with Crippen molar-refractivity contribution in [2.45, 2.75) is 19.8 Å². The fourth-order valence-corrected chi connectivity index (χ4v) is 2.12. The summed E-state index contributed by atoms with van der Waals surface area (Å²) >= 11 is 0. The Morgan fingerprint density at radius 1 is 1.10 bits per heavy atom. The Labute approximate surface area is 124 Å². The number of hydrogen-bond acceptors (Lipinski definition) is 2. The molecule has 0 aliphatic carbocycles. The van der Waals surface area contributed by atoms with Gasteiger partial charge in [0.2, 0.25) is 0 Å². The van der Waals surface area contributed by atoms with Crippen LogP contribution in [0.5, 0.6) is 0 Å². The highest BCUT2D eigenvalue weighted by Gasteiger charge is 2.18. The summed E-state index contributed by atoms with van der Waals surface area (Å²) in [6, 6.07) is 13.5. The molecule has 2 aromatic carbocycles. The molecule has 0 aromatic heterocycles. The number of unbranched alkanes of at least 4 members (excludes halogenated alkanes) is 1. The molecule has 4 nitrogen and oxygen atoms in total.